The van der Waals surface area contributed by atoms with Crippen LogP contribution in [0.1, 0.15) is 6.42 Å². The van der Waals surface area contributed by atoms with Crippen LogP contribution in [-0.4, -0.2) is 37.0 Å². The monoisotopic (exact) mass is 434 g/mol. The molecule has 0 saturated carbocycles. The molecule has 0 aliphatic carbocycles. The van der Waals surface area contributed by atoms with Crippen LogP contribution in [0.3, 0.4) is 0 Å². The van der Waals surface area contributed by atoms with Crippen molar-refractivity contribution in [2.24, 2.45) is 0 Å². The first-order chi connectivity index (χ1) is 9.26. The highest BCUT2D eigenvalue weighted by molar-refractivity contribution is 14.1. The number of nitrogens with zero attached hydrogens (tertiary/aromatic N) is 2. The van der Waals surface area contributed by atoms with Crippen molar-refractivity contribution in [1.29, 1.82) is 0 Å². The predicted molar refractivity (Wildman–Crippen MR) is 79.7 cm³/mol. The standard InChI is InChI=1S/C10H9ClFIN2O4S/c11-8-7(3-2-6(12)9(8)13)15(10(16)17)20(18,19)14-4-1-5-14/h2-3H,1,4-5H2,(H,16,17). The van der Waals surface area contributed by atoms with Crippen LogP contribution in [0.5, 0.6) is 0 Å². The highest BCUT2D eigenvalue weighted by Crippen LogP contribution is 2.35. The Hall–Kier alpha value is -0.650. The molecule has 1 aromatic carbocycles. The Bertz CT molecular complexity index is 665. The summed E-state index contributed by atoms with van der Waals surface area (Å²) in [5.41, 5.74) is -0.281. The topological polar surface area (TPSA) is 77.9 Å². The highest BCUT2D eigenvalue weighted by Gasteiger charge is 2.39. The maximum Gasteiger partial charge on any atom is 0.426 e. The van der Waals surface area contributed by atoms with Crippen LogP contribution in [0.4, 0.5) is 14.9 Å². The van der Waals surface area contributed by atoms with Crippen LogP contribution >= 0.6 is 34.2 Å². The van der Waals surface area contributed by atoms with Crippen LogP contribution in [0.15, 0.2) is 12.1 Å². The van der Waals surface area contributed by atoms with Crippen molar-refractivity contribution >= 4 is 56.2 Å². The van der Waals surface area contributed by atoms with E-state index < -0.39 is 22.1 Å². The van der Waals surface area contributed by atoms with Crippen molar-refractivity contribution < 1.29 is 22.7 Å². The summed E-state index contributed by atoms with van der Waals surface area (Å²) >= 11 is 7.46. The molecule has 0 aromatic heterocycles. The summed E-state index contributed by atoms with van der Waals surface area (Å²) in [6.45, 7) is 0.504. The normalized spacial score (nSPS) is 15.8. The zero-order chi connectivity index (χ0) is 15.1. The van der Waals surface area contributed by atoms with E-state index in [1.807, 2.05) is 0 Å². The lowest BCUT2D eigenvalue weighted by atomic mass is 10.3. The molecule has 1 amide bonds. The summed E-state index contributed by atoms with van der Waals surface area (Å²) in [6, 6.07) is 2.01. The van der Waals surface area contributed by atoms with Crippen LogP contribution < -0.4 is 4.31 Å². The zero-order valence-electron chi connectivity index (χ0n) is 9.88. The molecule has 0 spiro atoms. The maximum atomic E-state index is 13.3. The summed E-state index contributed by atoms with van der Waals surface area (Å²) < 4.78 is 38.9. The Morgan fingerprint density at radius 2 is 2.05 bits per heavy atom. The zero-order valence-corrected chi connectivity index (χ0v) is 13.6. The number of anilines is 1. The van der Waals surface area contributed by atoms with Gasteiger partial charge >= 0.3 is 16.3 Å². The fourth-order valence-electron chi connectivity index (χ4n) is 1.63. The van der Waals surface area contributed by atoms with E-state index in [0.29, 0.717) is 6.42 Å². The van der Waals surface area contributed by atoms with Gasteiger partial charge in [-0.1, -0.05) is 11.6 Å². The van der Waals surface area contributed by atoms with Gasteiger partial charge in [0.1, 0.15) is 5.82 Å². The summed E-state index contributed by atoms with van der Waals surface area (Å²) in [4.78, 5) is 11.3. The Kier molecular flexibility index (Phi) is 4.42. The summed E-state index contributed by atoms with van der Waals surface area (Å²) in [5.74, 6) is -0.647. The molecule has 2 rings (SSSR count). The molecule has 20 heavy (non-hydrogen) atoms. The van der Waals surface area contributed by atoms with Crippen molar-refractivity contribution in [3.63, 3.8) is 0 Å². The summed E-state index contributed by atoms with van der Waals surface area (Å²) in [7, 11) is -4.21. The van der Waals surface area contributed by atoms with Gasteiger partial charge in [-0.2, -0.15) is 17.0 Å². The minimum absolute atomic E-state index is 0.0353. The Morgan fingerprint density at radius 3 is 2.50 bits per heavy atom. The lowest BCUT2D eigenvalue weighted by Gasteiger charge is -2.33. The molecule has 1 saturated heterocycles. The Balaban J connectivity index is 2.55. The molecule has 1 N–H and O–H groups in total. The molecule has 0 unspecified atom stereocenters. The number of benzene rings is 1. The van der Waals surface area contributed by atoms with Crippen molar-refractivity contribution in [3.8, 4) is 0 Å². The fraction of sp³-hybridized carbons (Fsp3) is 0.300. The first-order valence-corrected chi connectivity index (χ1v) is 8.29. The molecule has 1 heterocycles. The third-order valence-electron chi connectivity index (χ3n) is 2.78. The van der Waals surface area contributed by atoms with E-state index in [4.69, 9.17) is 11.6 Å². The van der Waals surface area contributed by atoms with Crippen LogP contribution in [-0.2, 0) is 10.2 Å². The summed E-state index contributed by atoms with van der Waals surface area (Å²) in [5, 5.41) is 8.93. The van der Waals surface area contributed by atoms with E-state index >= 15 is 0 Å². The molecule has 110 valence electrons. The molecule has 1 aromatic rings. The van der Waals surface area contributed by atoms with Crippen LogP contribution in [0, 0.1) is 9.39 Å². The van der Waals surface area contributed by atoms with Crippen LogP contribution in [0.25, 0.3) is 0 Å². The summed E-state index contributed by atoms with van der Waals surface area (Å²) in [6.07, 6.45) is -1.03. The molecule has 1 aliphatic heterocycles. The number of carbonyl (C=O) groups is 1. The minimum atomic E-state index is -4.21. The number of halogens is 3. The molecule has 6 nitrogen and oxygen atoms in total. The van der Waals surface area contributed by atoms with Crippen molar-refractivity contribution in [3.05, 3.63) is 26.5 Å². The molecule has 1 fully saturated rings. The molecule has 10 heteroatoms. The second kappa shape index (κ2) is 5.62. The van der Waals surface area contributed by atoms with Gasteiger partial charge in [-0.15, -0.1) is 0 Å². The third-order valence-corrected chi connectivity index (χ3v) is 6.37. The van der Waals surface area contributed by atoms with Gasteiger partial charge < -0.3 is 5.11 Å². The highest BCUT2D eigenvalue weighted by atomic mass is 127. The first-order valence-electron chi connectivity index (χ1n) is 5.43. The van der Waals surface area contributed by atoms with Gasteiger partial charge in [0.2, 0.25) is 0 Å². The second-order valence-corrected chi connectivity index (χ2v) is 7.24. The fourth-order valence-corrected chi connectivity index (χ4v) is 3.92. The van der Waals surface area contributed by atoms with E-state index in [2.05, 4.69) is 0 Å². The maximum absolute atomic E-state index is 13.3. The lowest BCUT2D eigenvalue weighted by Crippen LogP contribution is -2.52. The predicted octanol–water partition coefficient (Wildman–Crippen LogP) is 2.52. The number of amides is 1. The molecular formula is C10H9ClFIN2O4S. The SMILES string of the molecule is O=C(O)N(c1ccc(F)c(I)c1Cl)S(=O)(=O)N1CCC1. The third kappa shape index (κ3) is 2.59. The average molecular weight is 435 g/mol. The quantitative estimate of drug-likeness (QED) is 0.586. The van der Waals surface area contributed by atoms with E-state index in [-0.39, 0.29) is 31.7 Å². The van der Waals surface area contributed by atoms with Gasteiger partial charge in [-0.05, 0) is 41.1 Å². The minimum Gasteiger partial charge on any atom is -0.464 e. The van der Waals surface area contributed by atoms with Gasteiger partial charge in [0, 0.05) is 13.1 Å². The first kappa shape index (κ1) is 15.7. The van der Waals surface area contributed by atoms with Gasteiger partial charge in [0.25, 0.3) is 0 Å². The lowest BCUT2D eigenvalue weighted by molar-refractivity contribution is 0.204. The van der Waals surface area contributed by atoms with E-state index in [1.165, 1.54) is 0 Å². The number of hydrogen-bond donors (Lipinski definition) is 1. The average Bonchev–Trinajstić information content (AvgIpc) is 2.26. The van der Waals surface area contributed by atoms with Crippen molar-refractivity contribution in [2.45, 2.75) is 6.42 Å². The van der Waals surface area contributed by atoms with E-state index in [9.17, 15) is 22.7 Å². The van der Waals surface area contributed by atoms with Gasteiger partial charge in [-0.3, -0.25) is 0 Å². The smallest absolute Gasteiger partial charge is 0.426 e. The van der Waals surface area contributed by atoms with Crippen molar-refractivity contribution in [2.75, 3.05) is 17.4 Å². The largest absolute Gasteiger partial charge is 0.464 e. The number of rotatable bonds is 3. The molecule has 0 atom stereocenters. The number of hydrogen-bond acceptors (Lipinski definition) is 3. The second-order valence-electron chi connectivity index (χ2n) is 4.00. The molecule has 1 aliphatic rings. The van der Waals surface area contributed by atoms with E-state index in [0.717, 1.165) is 16.4 Å². The van der Waals surface area contributed by atoms with Gasteiger partial charge in [0.05, 0.1) is 14.3 Å². The Labute approximate surface area is 133 Å². The van der Waals surface area contributed by atoms with Gasteiger partial charge in [0.15, 0.2) is 0 Å². The van der Waals surface area contributed by atoms with Gasteiger partial charge in [-0.25, -0.2) is 9.18 Å². The van der Waals surface area contributed by atoms with E-state index in [1.54, 1.807) is 22.6 Å². The molecule has 0 bridgehead atoms. The van der Waals surface area contributed by atoms with Crippen molar-refractivity contribution in [1.82, 2.24) is 4.31 Å². The molecule has 0 radical (unpaired) electrons. The molecular weight excluding hydrogens is 426 g/mol. The van der Waals surface area contributed by atoms with Crippen LogP contribution in [0.2, 0.25) is 5.02 Å². The number of carboxylic acid groups (broad SMARTS) is 1. The Morgan fingerprint density at radius 1 is 1.45 bits per heavy atom.